The number of amides is 1. The van der Waals surface area contributed by atoms with Crippen molar-refractivity contribution in [2.45, 2.75) is 19.8 Å². The van der Waals surface area contributed by atoms with E-state index in [-0.39, 0.29) is 11.7 Å². The quantitative estimate of drug-likeness (QED) is 0.363. The Labute approximate surface area is 185 Å². The SMILES string of the molecule is Cc1nccn1-c1ccc(C(=O)NCCCc2cn[nH]c2)cc1C#Cc1ccc(F)cc1. The molecule has 0 fully saturated rings. The molecule has 7 heteroatoms. The number of aromatic amines is 1. The highest BCUT2D eigenvalue weighted by atomic mass is 19.1. The van der Waals surface area contributed by atoms with Crippen molar-refractivity contribution in [3.63, 3.8) is 0 Å². The van der Waals surface area contributed by atoms with Gasteiger partial charge in [0.2, 0.25) is 0 Å². The van der Waals surface area contributed by atoms with Crippen LogP contribution in [0.1, 0.15) is 39.3 Å². The van der Waals surface area contributed by atoms with Gasteiger partial charge < -0.3 is 9.88 Å². The maximum Gasteiger partial charge on any atom is 0.251 e. The van der Waals surface area contributed by atoms with Crippen LogP contribution in [0.25, 0.3) is 5.69 Å². The zero-order valence-electron chi connectivity index (χ0n) is 17.6. The lowest BCUT2D eigenvalue weighted by Gasteiger charge is -2.11. The first kappa shape index (κ1) is 21.1. The van der Waals surface area contributed by atoms with Gasteiger partial charge in [0.25, 0.3) is 5.91 Å². The molecule has 0 aliphatic rings. The molecule has 2 aromatic heterocycles. The first-order valence-corrected chi connectivity index (χ1v) is 10.3. The number of carbonyl (C=O) groups is 1. The number of rotatable bonds is 6. The van der Waals surface area contributed by atoms with Crippen LogP contribution in [0.5, 0.6) is 0 Å². The summed E-state index contributed by atoms with van der Waals surface area (Å²) in [4.78, 5) is 17.0. The fraction of sp³-hybridized carbons (Fsp3) is 0.160. The van der Waals surface area contributed by atoms with Gasteiger partial charge in [-0.1, -0.05) is 11.8 Å². The van der Waals surface area contributed by atoms with Crippen LogP contribution in [-0.4, -0.2) is 32.2 Å². The molecular weight excluding hydrogens is 405 g/mol. The maximum atomic E-state index is 13.2. The summed E-state index contributed by atoms with van der Waals surface area (Å²) in [7, 11) is 0. The van der Waals surface area contributed by atoms with Crippen LogP contribution in [-0.2, 0) is 6.42 Å². The molecule has 0 aliphatic carbocycles. The highest BCUT2D eigenvalue weighted by molar-refractivity contribution is 5.95. The van der Waals surface area contributed by atoms with Gasteiger partial charge >= 0.3 is 0 Å². The first-order chi connectivity index (χ1) is 15.6. The highest BCUT2D eigenvalue weighted by Gasteiger charge is 2.11. The second-order valence-electron chi connectivity index (χ2n) is 7.30. The summed E-state index contributed by atoms with van der Waals surface area (Å²) in [5, 5.41) is 9.66. The van der Waals surface area contributed by atoms with E-state index in [0.29, 0.717) is 23.2 Å². The molecule has 0 bridgehead atoms. The summed E-state index contributed by atoms with van der Waals surface area (Å²) < 4.78 is 15.1. The third kappa shape index (κ3) is 5.10. The Morgan fingerprint density at radius 3 is 2.75 bits per heavy atom. The summed E-state index contributed by atoms with van der Waals surface area (Å²) in [6.07, 6.45) is 8.85. The van der Waals surface area contributed by atoms with Crippen molar-refractivity contribution < 1.29 is 9.18 Å². The van der Waals surface area contributed by atoms with Crippen molar-refractivity contribution in [3.05, 3.63) is 101 Å². The van der Waals surface area contributed by atoms with Gasteiger partial charge in [-0.3, -0.25) is 9.89 Å². The standard InChI is InChI=1S/C25H22FN5O/c1-18-27-13-14-31(18)24-11-8-22(25(32)28-12-2-3-20-16-29-30-17-20)15-21(24)7-4-19-5-9-23(26)10-6-19/h5-6,8-11,13-17H,2-3,12H2,1H3,(H,28,32)(H,29,30). The molecule has 1 amide bonds. The molecule has 4 rings (SSSR count). The molecule has 0 saturated carbocycles. The molecule has 0 radical (unpaired) electrons. The van der Waals surface area contributed by atoms with Crippen LogP contribution in [0.2, 0.25) is 0 Å². The zero-order chi connectivity index (χ0) is 22.3. The lowest BCUT2D eigenvalue weighted by Crippen LogP contribution is -2.25. The molecule has 6 nitrogen and oxygen atoms in total. The number of benzene rings is 2. The van der Waals surface area contributed by atoms with Gasteiger partial charge in [-0.05, 0) is 67.8 Å². The molecule has 160 valence electrons. The fourth-order valence-electron chi connectivity index (χ4n) is 3.30. The minimum absolute atomic E-state index is 0.157. The van der Waals surface area contributed by atoms with Gasteiger partial charge in [-0.15, -0.1) is 0 Å². The van der Waals surface area contributed by atoms with Crippen LogP contribution in [0.4, 0.5) is 4.39 Å². The number of H-pyrrole nitrogens is 1. The molecule has 0 atom stereocenters. The molecule has 0 spiro atoms. The van der Waals surface area contributed by atoms with E-state index in [0.717, 1.165) is 29.9 Å². The number of aryl methyl sites for hydroxylation is 2. The van der Waals surface area contributed by atoms with Gasteiger partial charge in [-0.25, -0.2) is 9.37 Å². The van der Waals surface area contributed by atoms with Gasteiger partial charge in [0.1, 0.15) is 11.6 Å². The number of hydrogen-bond acceptors (Lipinski definition) is 3. The summed E-state index contributed by atoms with van der Waals surface area (Å²) in [6.45, 7) is 2.46. The van der Waals surface area contributed by atoms with E-state index in [4.69, 9.17) is 0 Å². The largest absolute Gasteiger partial charge is 0.352 e. The molecule has 32 heavy (non-hydrogen) atoms. The van der Waals surface area contributed by atoms with E-state index in [2.05, 4.69) is 32.3 Å². The molecule has 0 aliphatic heterocycles. The Morgan fingerprint density at radius 1 is 1.19 bits per heavy atom. The van der Waals surface area contributed by atoms with E-state index in [1.165, 1.54) is 12.1 Å². The summed E-state index contributed by atoms with van der Waals surface area (Å²) >= 11 is 0. The van der Waals surface area contributed by atoms with Gasteiger partial charge in [-0.2, -0.15) is 5.10 Å². The van der Waals surface area contributed by atoms with Crippen LogP contribution >= 0.6 is 0 Å². The number of halogens is 1. The van der Waals surface area contributed by atoms with Crippen LogP contribution < -0.4 is 5.32 Å². The maximum absolute atomic E-state index is 13.2. The highest BCUT2D eigenvalue weighted by Crippen LogP contribution is 2.18. The van der Waals surface area contributed by atoms with Crippen molar-refractivity contribution in [1.82, 2.24) is 25.1 Å². The molecule has 4 aromatic rings. The third-order valence-corrected chi connectivity index (χ3v) is 5.01. The van der Waals surface area contributed by atoms with Crippen molar-refractivity contribution in [3.8, 4) is 17.5 Å². The van der Waals surface area contributed by atoms with Crippen molar-refractivity contribution in [2.24, 2.45) is 0 Å². The smallest absolute Gasteiger partial charge is 0.251 e. The van der Waals surface area contributed by atoms with Crippen LogP contribution in [0.3, 0.4) is 0 Å². The molecule has 2 heterocycles. The Bertz CT molecular complexity index is 1260. The normalized spacial score (nSPS) is 10.4. The average Bonchev–Trinajstić information content (AvgIpc) is 3.48. The van der Waals surface area contributed by atoms with E-state index in [1.54, 1.807) is 36.7 Å². The Morgan fingerprint density at radius 2 is 2.03 bits per heavy atom. The molecule has 2 aromatic carbocycles. The third-order valence-electron chi connectivity index (χ3n) is 5.01. The second-order valence-corrected chi connectivity index (χ2v) is 7.30. The Hall–Kier alpha value is -4.18. The number of nitrogens with zero attached hydrogens (tertiary/aromatic N) is 3. The van der Waals surface area contributed by atoms with Gasteiger partial charge in [0, 0.05) is 41.8 Å². The lowest BCUT2D eigenvalue weighted by atomic mass is 10.1. The van der Waals surface area contributed by atoms with Gasteiger partial charge in [0.05, 0.1) is 11.9 Å². The predicted molar refractivity (Wildman–Crippen MR) is 120 cm³/mol. The van der Waals surface area contributed by atoms with Crippen LogP contribution in [0.15, 0.2) is 67.3 Å². The fourth-order valence-corrected chi connectivity index (χ4v) is 3.30. The summed E-state index contributed by atoms with van der Waals surface area (Å²) in [6, 6.07) is 11.4. The summed E-state index contributed by atoms with van der Waals surface area (Å²) in [5.74, 6) is 6.53. The average molecular weight is 427 g/mol. The number of imidazole rings is 1. The number of carbonyl (C=O) groups excluding carboxylic acids is 1. The van der Waals surface area contributed by atoms with Crippen LogP contribution in [0, 0.1) is 24.6 Å². The monoisotopic (exact) mass is 427 g/mol. The Balaban J connectivity index is 1.55. The zero-order valence-corrected chi connectivity index (χ0v) is 17.6. The van der Waals surface area contributed by atoms with Gasteiger partial charge in [0.15, 0.2) is 0 Å². The number of hydrogen-bond donors (Lipinski definition) is 2. The van der Waals surface area contributed by atoms with Crippen molar-refractivity contribution in [2.75, 3.05) is 6.54 Å². The minimum atomic E-state index is -0.309. The Kier molecular flexibility index (Phi) is 6.42. The topological polar surface area (TPSA) is 75.6 Å². The number of nitrogens with one attached hydrogen (secondary N) is 2. The molecule has 0 saturated heterocycles. The molecule has 0 unspecified atom stereocenters. The molecular formula is C25H22FN5O. The molecule has 2 N–H and O–H groups in total. The lowest BCUT2D eigenvalue weighted by molar-refractivity contribution is 0.0953. The van der Waals surface area contributed by atoms with E-state index < -0.39 is 0 Å². The predicted octanol–water partition coefficient (Wildman–Crippen LogP) is 3.81. The first-order valence-electron chi connectivity index (χ1n) is 10.3. The van der Waals surface area contributed by atoms with Crippen molar-refractivity contribution in [1.29, 1.82) is 0 Å². The van der Waals surface area contributed by atoms with Crippen molar-refractivity contribution >= 4 is 5.91 Å². The minimum Gasteiger partial charge on any atom is -0.352 e. The van der Waals surface area contributed by atoms with E-state index in [1.807, 2.05) is 30.0 Å². The second kappa shape index (κ2) is 9.75. The summed E-state index contributed by atoms with van der Waals surface area (Å²) in [5.41, 5.74) is 3.83. The van der Waals surface area contributed by atoms with E-state index in [9.17, 15) is 9.18 Å². The number of aromatic nitrogens is 4. The van der Waals surface area contributed by atoms with E-state index >= 15 is 0 Å².